The third-order valence-electron chi connectivity index (χ3n) is 2.37. The summed E-state index contributed by atoms with van der Waals surface area (Å²) in [5.74, 6) is 0. The summed E-state index contributed by atoms with van der Waals surface area (Å²) in [6, 6.07) is 11.9. The van der Waals surface area contributed by atoms with Crippen LogP contribution in [0.3, 0.4) is 0 Å². The minimum absolute atomic E-state index is 0.988. The molecule has 15 heavy (non-hydrogen) atoms. The highest BCUT2D eigenvalue weighted by molar-refractivity contribution is 6.43. The molecular formula is C14H20Si. The highest BCUT2D eigenvalue weighted by atomic mass is 28.2. The van der Waals surface area contributed by atoms with Crippen LogP contribution < -0.4 is 0 Å². The first-order valence-corrected chi connectivity index (χ1v) is 7.17. The van der Waals surface area contributed by atoms with E-state index in [0.29, 0.717) is 0 Å². The Labute approximate surface area is 96.2 Å². The van der Waals surface area contributed by atoms with Crippen molar-refractivity contribution in [1.29, 1.82) is 0 Å². The van der Waals surface area contributed by atoms with Crippen molar-refractivity contribution >= 4 is 15.6 Å². The lowest BCUT2D eigenvalue weighted by Gasteiger charge is -1.95. The van der Waals surface area contributed by atoms with E-state index < -0.39 is 0 Å². The normalized spacial score (nSPS) is 11.0. The molecule has 1 aromatic carbocycles. The Morgan fingerprint density at radius 1 is 1.07 bits per heavy atom. The van der Waals surface area contributed by atoms with E-state index in [0.717, 1.165) is 9.52 Å². The van der Waals surface area contributed by atoms with E-state index in [1.807, 2.05) is 0 Å². The molecule has 0 fully saturated rings. The van der Waals surface area contributed by atoms with Gasteiger partial charge in [-0.15, -0.1) is 0 Å². The van der Waals surface area contributed by atoms with Crippen molar-refractivity contribution in [3.8, 4) is 0 Å². The second-order valence-corrected chi connectivity index (χ2v) is 5.00. The van der Waals surface area contributed by atoms with Crippen LogP contribution >= 0.6 is 0 Å². The van der Waals surface area contributed by atoms with Crippen LogP contribution in [-0.2, 0) is 0 Å². The lowest BCUT2D eigenvalue weighted by molar-refractivity contribution is 0.701. The van der Waals surface area contributed by atoms with Gasteiger partial charge in [0, 0.05) is 0 Å². The molecule has 0 aliphatic carbocycles. The summed E-state index contributed by atoms with van der Waals surface area (Å²) in [6.07, 6.45) is 7.77. The van der Waals surface area contributed by atoms with Gasteiger partial charge in [0.1, 0.15) is 0 Å². The average molecular weight is 216 g/mol. The Hall–Kier alpha value is -0.823. The molecule has 0 unspecified atom stereocenters. The van der Waals surface area contributed by atoms with Crippen LogP contribution in [-0.4, -0.2) is 9.52 Å². The first-order valence-electron chi connectivity index (χ1n) is 5.88. The van der Waals surface area contributed by atoms with Crippen LogP contribution in [0.4, 0.5) is 0 Å². The van der Waals surface area contributed by atoms with Gasteiger partial charge in [0.25, 0.3) is 0 Å². The second kappa shape index (κ2) is 8.48. The van der Waals surface area contributed by atoms with Gasteiger partial charge in [0.05, 0.1) is 9.52 Å². The summed E-state index contributed by atoms with van der Waals surface area (Å²) in [5, 5.41) is 0. The smallest absolute Gasteiger partial charge is 0.0703 e. The molecule has 0 N–H and O–H groups in total. The van der Waals surface area contributed by atoms with Crippen LogP contribution in [0.2, 0.25) is 6.04 Å². The zero-order chi connectivity index (χ0) is 10.8. The molecular weight excluding hydrogens is 196 g/mol. The quantitative estimate of drug-likeness (QED) is 0.469. The van der Waals surface area contributed by atoms with Crippen molar-refractivity contribution in [1.82, 2.24) is 0 Å². The highest BCUT2D eigenvalue weighted by Crippen LogP contribution is 2.04. The van der Waals surface area contributed by atoms with Gasteiger partial charge in [-0.25, -0.2) is 0 Å². The molecule has 0 nitrogen and oxygen atoms in total. The number of rotatable bonds is 7. The van der Waals surface area contributed by atoms with E-state index in [1.54, 1.807) is 0 Å². The number of benzene rings is 1. The van der Waals surface area contributed by atoms with Crippen molar-refractivity contribution in [3.63, 3.8) is 0 Å². The van der Waals surface area contributed by atoms with Gasteiger partial charge in [0.15, 0.2) is 0 Å². The molecule has 0 spiro atoms. The monoisotopic (exact) mass is 216 g/mol. The third-order valence-corrected chi connectivity index (χ3v) is 3.41. The van der Waals surface area contributed by atoms with Gasteiger partial charge in [-0.05, 0) is 5.56 Å². The molecule has 0 bridgehead atoms. The largest absolute Gasteiger partial charge is 0.0982 e. The van der Waals surface area contributed by atoms with Gasteiger partial charge in [0.2, 0.25) is 0 Å². The molecule has 0 aliphatic rings. The third kappa shape index (κ3) is 6.29. The Morgan fingerprint density at radius 3 is 2.60 bits per heavy atom. The fourth-order valence-corrected chi connectivity index (χ4v) is 2.39. The van der Waals surface area contributed by atoms with E-state index >= 15 is 0 Å². The molecule has 0 aromatic heterocycles. The molecule has 0 atom stereocenters. The minimum atomic E-state index is 0.988. The van der Waals surface area contributed by atoms with E-state index in [2.05, 4.69) is 49.0 Å². The number of hydrogen-bond donors (Lipinski definition) is 0. The fourth-order valence-electron chi connectivity index (χ4n) is 1.46. The van der Waals surface area contributed by atoms with E-state index in [9.17, 15) is 0 Å². The van der Waals surface area contributed by atoms with Crippen LogP contribution in [0.25, 0.3) is 6.08 Å². The van der Waals surface area contributed by atoms with Crippen molar-refractivity contribution in [2.45, 2.75) is 38.7 Å². The molecule has 0 saturated heterocycles. The van der Waals surface area contributed by atoms with Gasteiger partial charge in [-0.1, -0.05) is 80.8 Å². The molecule has 1 heteroatoms. The molecule has 0 aliphatic heterocycles. The SMILES string of the molecule is CCCCCC[Si]/C=C/c1ccccc1. The molecule has 0 amide bonds. The standard InChI is InChI=1S/C14H20Si/c1-2-3-4-8-12-15-13-11-14-9-6-5-7-10-14/h5-7,9-11,13H,2-4,8,12H2,1H3/b13-11+. The van der Waals surface area contributed by atoms with Crippen LogP contribution in [0.5, 0.6) is 0 Å². The molecule has 2 radical (unpaired) electrons. The summed E-state index contributed by atoms with van der Waals surface area (Å²) >= 11 is 0. The van der Waals surface area contributed by atoms with Crippen LogP contribution in [0.1, 0.15) is 38.2 Å². The van der Waals surface area contributed by atoms with Gasteiger partial charge >= 0.3 is 0 Å². The van der Waals surface area contributed by atoms with Crippen LogP contribution in [0.15, 0.2) is 36.0 Å². The zero-order valence-corrected chi connectivity index (χ0v) is 10.6. The van der Waals surface area contributed by atoms with Gasteiger partial charge in [-0.2, -0.15) is 0 Å². The molecule has 1 aromatic rings. The molecule has 80 valence electrons. The fraction of sp³-hybridized carbons (Fsp3) is 0.429. The van der Waals surface area contributed by atoms with E-state index in [4.69, 9.17) is 0 Å². The summed E-state index contributed by atoms with van der Waals surface area (Å²) < 4.78 is 0. The highest BCUT2D eigenvalue weighted by Gasteiger charge is 1.88. The minimum Gasteiger partial charge on any atom is -0.0982 e. The lowest BCUT2D eigenvalue weighted by Crippen LogP contribution is -1.84. The lowest BCUT2D eigenvalue weighted by atomic mass is 10.2. The van der Waals surface area contributed by atoms with Gasteiger partial charge in [-0.3, -0.25) is 0 Å². The first kappa shape index (κ1) is 12.2. The van der Waals surface area contributed by atoms with Crippen molar-refractivity contribution in [2.24, 2.45) is 0 Å². The van der Waals surface area contributed by atoms with E-state index in [1.165, 1.54) is 37.3 Å². The zero-order valence-electron chi connectivity index (χ0n) is 9.58. The molecule has 0 saturated carbocycles. The summed E-state index contributed by atoms with van der Waals surface area (Å²) in [7, 11) is 0.988. The van der Waals surface area contributed by atoms with Crippen molar-refractivity contribution in [2.75, 3.05) is 0 Å². The maximum absolute atomic E-state index is 2.32. The predicted octanol–water partition coefficient (Wildman–Crippen LogP) is 4.36. The maximum atomic E-state index is 2.32. The van der Waals surface area contributed by atoms with E-state index in [-0.39, 0.29) is 0 Å². The maximum Gasteiger partial charge on any atom is 0.0703 e. The molecule has 1 rings (SSSR count). The summed E-state index contributed by atoms with van der Waals surface area (Å²) in [4.78, 5) is 0. The first-order chi connectivity index (χ1) is 7.43. The Bertz CT molecular complexity index is 264. The number of hydrogen-bond acceptors (Lipinski definition) is 0. The van der Waals surface area contributed by atoms with Crippen molar-refractivity contribution < 1.29 is 0 Å². The molecule has 0 heterocycles. The van der Waals surface area contributed by atoms with Crippen LogP contribution in [0, 0.1) is 0 Å². The Kier molecular flexibility index (Phi) is 6.93. The predicted molar refractivity (Wildman–Crippen MR) is 70.2 cm³/mol. The average Bonchev–Trinajstić information content (AvgIpc) is 2.29. The Balaban J connectivity index is 2.07. The Morgan fingerprint density at radius 2 is 1.87 bits per heavy atom. The second-order valence-electron chi connectivity index (χ2n) is 3.76. The van der Waals surface area contributed by atoms with Crippen molar-refractivity contribution in [3.05, 3.63) is 41.6 Å². The topological polar surface area (TPSA) is 0 Å². The summed E-state index contributed by atoms with van der Waals surface area (Å²) in [6.45, 7) is 2.26. The number of unbranched alkanes of at least 4 members (excludes halogenated alkanes) is 3. The van der Waals surface area contributed by atoms with Gasteiger partial charge < -0.3 is 0 Å². The summed E-state index contributed by atoms with van der Waals surface area (Å²) in [5.41, 5.74) is 3.64.